The number of benzene rings is 1. The molecule has 0 radical (unpaired) electrons. The first kappa shape index (κ1) is 18.8. The van der Waals surface area contributed by atoms with Gasteiger partial charge in [-0.3, -0.25) is 14.6 Å². The Balaban J connectivity index is 1.56. The molecule has 3 aromatic rings. The number of amides is 2. The number of aromatic nitrogens is 3. The molecule has 2 amide bonds. The van der Waals surface area contributed by atoms with Crippen LogP contribution in [0.3, 0.4) is 0 Å². The van der Waals surface area contributed by atoms with Crippen LogP contribution in [0, 0.1) is 11.3 Å². The molecule has 2 aromatic heterocycles. The van der Waals surface area contributed by atoms with Gasteiger partial charge in [0, 0.05) is 35.3 Å². The van der Waals surface area contributed by atoms with Gasteiger partial charge in [-0.2, -0.15) is 5.26 Å². The van der Waals surface area contributed by atoms with Crippen molar-refractivity contribution in [3.05, 3.63) is 54.7 Å². The van der Waals surface area contributed by atoms with E-state index in [1.807, 2.05) is 18.2 Å². The van der Waals surface area contributed by atoms with Gasteiger partial charge in [-0.15, -0.1) is 11.8 Å². The first-order valence-electron chi connectivity index (χ1n) is 8.86. The molecule has 1 aliphatic rings. The molecule has 4 rings (SSSR count). The van der Waals surface area contributed by atoms with Gasteiger partial charge < -0.3 is 10.2 Å². The number of carbonyl (C=O) groups excluding carboxylic acids is 2. The fraction of sp³-hybridized carbons (Fsp3) is 0.200. The number of thioether (sulfide) groups is 1. The summed E-state index contributed by atoms with van der Waals surface area (Å²) in [5.74, 6) is 0.424. The molecule has 1 saturated heterocycles. The summed E-state index contributed by atoms with van der Waals surface area (Å²) in [4.78, 5) is 39.0. The van der Waals surface area contributed by atoms with Crippen molar-refractivity contribution in [2.24, 2.45) is 0 Å². The lowest BCUT2D eigenvalue weighted by Gasteiger charge is -2.18. The number of carbonyl (C=O) groups is 2. The highest BCUT2D eigenvalue weighted by atomic mass is 32.2. The Morgan fingerprint density at radius 3 is 2.86 bits per heavy atom. The minimum atomic E-state index is -0.443. The van der Waals surface area contributed by atoms with Crippen molar-refractivity contribution in [1.82, 2.24) is 25.2 Å². The van der Waals surface area contributed by atoms with Crippen molar-refractivity contribution in [1.29, 1.82) is 5.26 Å². The van der Waals surface area contributed by atoms with E-state index in [-0.39, 0.29) is 18.4 Å². The van der Waals surface area contributed by atoms with E-state index in [1.165, 1.54) is 23.0 Å². The standard InChI is InChI=1S/C20H16N6O2S/c21-6-15-10-29-12-26(15)19(27)9-25-20(28)16-3-4-24-18-2-1-13(5-17(16)18)14-7-22-11-23-8-14/h1-5,7-8,11,15H,9-10,12H2,(H,25,28)/t15-/m1/s1. The highest BCUT2D eigenvalue weighted by Gasteiger charge is 2.29. The number of hydrogen-bond donors (Lipinski definition) is 1. The van der Waals surface area contributed by atoms with Crippen LogP contribution in [-0.2, 0) is 4.79 Å². The molecule has 0 bridgehead atoms. The zero-order valence-corrected chi connectivity index (χ0v) is 16.1. The summed E-state index contributed by atoms with van der Waals surface area (Å²) >= 11 is 1.53. The van der Waals surface area contributed by atoms with Crippen molar-refractivity contribution in [2.45, 2.75) is 6.04 Å². The van der Waals surface area contributed by atoms with Gasteiger partial charge in [0.1, 0.15) is 12.4 Å². The van der Waals surface area contributed by atoms with E-state index in [2.05, 4.69) is 26.3 Å². The predicted molar refractivity (Wildman–Crippen MR) is 109 cm³/mol. The molecule has 3 heterocycles. The fourth-order valence-corrected chi connectivity index (χ4v) is 4.22. The van der Waals surface area contributed by atoms with Crippen LogP contribution in [0.1, 0.15) is 10.4 Å². The summed E-state index contributed by atoms with van der Waals surface area (Å²) in [5.41, 5.74) is 2.79. The molecule has 1 atom stereocenters. The van der Waals surface area contributed by atoms with E-state index in [0.29, 0.717) is 28.1 Å². The summed E-state index contributed by atoms with van der Waals surface area (Å²) in [6.45, 7) is -0.159. The SMILES string of the molecule is N#C[C@@H]1CSCN1C(=O)CNC(=O)c1ccnc2ccc(-c3cncnc3)cc12. The van der Waals surface area contributed by atoms with Gasteiger partial charge in [-0.25, -0.2) is 9.97 Å². The van der Waals surface area contributed by atoms with Crippen molar-refractivity contribution in [3.8, 4) is 17.2 Å². The van der Waals surface area contributed by atoms with Crippen LogP contribution in [0.25, 0.3) is 22.0 Å². The molecular weight excluding hydrogens is 388 g/mol. The third-order valence-electron chi connectivity index (χ3n) is 4.63. The lowest BCUT2D eigenvalue weighted by Crippen LogP contribution is -2.42. The highest BCUT2D eigenvalue weighted by molar-refractivity contribution is 7.99. The zero-order valence-electron chi connectivity index (χ0n) is 15.3. The molecule has 9 heteroatoms. The summed E-state index contributed by atoms with van der Waals surface area (Å²) < 4.78 is 0. The summed E-state index contributed by atoms with van der Waals surface area (Å²) in [6, 6.07) is 8.88. The van der Waals surface area contributed by atoms with Gasteiger partial charge in [0.15, 0.2) is 0 Å². The quantitative estimate of drug-likeness (QED) is 0.706. The van der Waals surface area contributed by atoms with Crippen LogP contribution in [-0.4, -0.2) is 55.9 Å². The Labute approximate surface area is 171 Å². The Kier molecular flexibility index (Phi) is 5.35. The zero-order chi connectivity index (χ0) is 20.2. The average Bonchev–Trinajstić information content (AvgIpc) is 3.26. The molecule has 144 valence electrons. The number of hydrogen-bond acceptors (Lipinski definition) is 7. The molecule has 1 aromatic carbocycles. The monoisotopic (exact) mass is 404 g/mol. The van der Waals surface area contributed by atoms with Gasteiger partial charge in [0.2, 0.25) is 5.91 Å². The van der Waals surface area contributed by atoms with Crippen LogP contribution in [0.15, 0.2) is 49.2 Å². The maximum absolute atomic E-state index is 12.8. The van der Waals surface area contributed by atoms with Gasteiger partial charge in [0.25, 0.3) is 5.91 Å². The van der Waals surface area contributed by atoms with Crippen molar-refractivity contribution in [3.63, 3.8) is 0 Å². The number of nitrogens with zero attached hydrogens (tertiary/aromatic N) is 5. The Morgan fingerprint density at radius 2 is 2.07 bits per heavy atom. The molecule has 1 aliphatic heterocycles. The number of fused-ring (bicyclic) bond motifs is 1. The van der Waals surface area contributed by atoms with Gasteiger partial charge >= 0.3 is 0 Å². The first-order chi connectivity index (χ1) is 14.2. The molecule has 29 heavy (non-hydrogen) atoms. The average molecular weight is 404 g/mol. The molecule has 0 unspecified atom stereocenters. The lowest BCUT2D eigenvalue weighted by atomic mass is 10.0. The van der Waals surface area contributed by atoms with E-state index in [1.54, 1.807) is 24.7 Å². The van der Waals surface area contributed by atoms with E-state index in [9.17, 15) is 9.59 Å². The van der Waals surface area contributed by atoms with Crippen LogP contribution < -0.4 is 5.32 Å². The summed E-state index contributed by atoms with van der Waals surface area (Å²) in [7, 11) is 0. The smallest absolute Gasteiger partial charge is 0.252 e. The van der Waals surface area contributed by atoms with Crippen LogP contribution in [0.2, 0.25) is 0 Å². The number of rotatable bonds is 4. The fourth-order valence-electron chi connectivity index (χ4n) is 3.12. The number of nitrogens with one attached hydrogen (secondary N) is 1. The van der Waals surface area contributed by atoms with E-state index in [4.69, 9.17) is 5.26 Å². The van der Waals surface area contributed by atoms with Crippen LogP contribution in [0.5, 0.6) is 0 Å². The summed E-state index contributed by atoms with van der Waals surface area (Å²) in [5, 5.41) is 12.5. The molecule has 1 fully saturated rings. The first-order valence-corrected chi connectivity index (χ1v) is 10.0. The maximum atomic E-state index is 12.8. The van der Waals surface area contributed by atoms with Gasteiger partial charge in [-0.05, 0) is 23.8 Å². The second kappa shape index (κ2) is 8.24. The van der Waals surface area contributed by atoms with E-state index >= 15 is 0 Å². The van der Waals surface area contributed by atoms with Crippen molar-refractivity contribution < 1.29 is 9.59 Å². The molecule has 0 saturated carbocycles. The third-order valence-corrected chi connectivity index (χ3v) is 5.64. The largest absolute Gasteiger partial charge is 0.343 e. The van der Waals surface area contributed by atoms with E-state index < -0.39 is 6.04 Å². The molecule has 0 spiro atoms. The highest BCUT2D eigenvalue weighted by Crippen LogP contribution is 2.25. The normalized spacial score (nSPS) is 15.8. The Hall–Kier alpha value is -3.51. The minimum absolute atomic E-state index is 0.159. The Morgan fingerprint density at radius 1 is 1.24 bits per heavy atom. The van der Waals surface area contributed by atoms with Crippen LogP contribution in [0.4, 0.5) is 0 Å². The minimum Gasteiger partial charge on any atom is -0.343 e. The Bertz CT molecular complexity index is 1110. The molecular formula is C20H16N6O2S. The van der Waals surface area contributed by atoms with Crippen molar-refractivity contribution in [2.75, 3.05) is 18.2 Å². The van der Waals surface area contributed by atoms with Crippen LogP contribution >= 0.6 is 11.8 Å². The topological polar surface area (TPSA) is 112 Å². The third kappa shape index (κ3) is 3.88. The lowest BCUT2D eigenvalue weighted by molar-refractivity contribution is -0.129. The predicted octanol–water partition coefficient (Wildman–Crippen LogP) is 1.85. The van der Waals surface area contributed by atoms with E-state index in [0.717, 1.165) is 11.1 Å². The number of pyridine rings is 1. The molecule has 1 N–H and O–H groups in total. The van der Waals surface area contributed by atoms with Crippen molar-refractivity contribution >= 4 is 34.5 Å². The molecule has 0 aliphatic carbocycles. The van der Waals surface area contributed by atoms with Gasteiger partial charge in [0.05, 0.1) is 29.6 Å². The second-order valence-corrected chi connectivity index (χ2v) is 7.41. The molecule has 8 nitrogen and oxygen atoms in total. The van der Waals surface area contributed by atoms with Gasteiger partial charge in [-0.1, -0.05) is 6.07 Å². The number of nitriles is 1. The summed E-state index contributed by atoms with van der Waals surface area (Å²) in [6.07, 6.45) is 6.41. The maximum Gasteiger partial charge on any atom is 0.252 e. The second-order valence-electron chi connectivity index (χ2n) is 6.41.